The molecule has 4 aromatic carbocycles. The molecule has 0 bridgehead atoms. The lowest BCUT2D eigenvalue weighted by molar-refractivity contribution is 0.462. The fourth-order valence-corrected chi connectivity index (χ4v) is 5.98. The predicted molar refractivity (Wildman–Crippen MR) is 167 cm³/mol. The molecule has 5 heteroatoms. The minimum Gasteiger partial charge on any atom is -0.439 e. The molecule has 0 saturated carbocycles. The van der Waals surface area contributed by atoms with Crippen molar-refractivity contribution in [2.45, 2.75) is 13.8 Å². The quantitative estimate of drug-likeness (QED) is 0.228. The summed E-state index contributed by atoms with van der Waals surface area (Å²) >= 11 is 0. The second-order valence-electron chi connectivity index (χ2n) is 10.5. The summed E-state index contributed by atoms with van der Waals surface area (Å²) in [6.45, 7) is 4.17. The van der Waals surface area contributed by atoms with E-state index >= 15 is 0 Å². The number of fused-ring (bicyclic) bond motifs is 6. The van der Waals surface area contributed by atoms with Gasteiger partial charge in [0, 0.05) is 39.9 Å². The molecule has 0 aliphatic carbocycles. The van der Waals surface area contributed by atoms with Crippen molar-refractivity contribution in [2.75, 3.05) is 0 Å². The molecule has 0 amide bonds. The van der Waals surface area contributed by atoms with E-state index in [1.807, 2.05) is 24.4 Å². The smallest absolute Gasteiger partial charge is 0.221 e. The Labute approximate surface area is 236 Å². The van der Waals surface area contributed by atoms with Gasteiger partial charge < -0.3 is 4.74 Å². The van der Waals surface area contributed by atoms with Crippen LogP contribution in [0.15, 0.2) is 121 Å². The number of benzene rings is 4. The minimum absolute atomic E-state index is 0.553. The molecule has 0 aliphatic heterocycles. The normalized spacial score (nSPS) is 11.7. The minimum atomic E-state index is 0.553. The van der Waals surface area contributed by atoms with Crippen molar-refractivity contribution >= 4 is 43.6 Å². The largest absolute Gasteiger partial charge is 0.439 e. The molecule has 0 atom stereocenters. The Morgan fingerprint density at radius 3 is 1.71 bits per heavy atom. The van der Waals surface area contributed by atoms with Gasteiger partial charge in [-0.25, -0.2) is 4.98 Å². The maximum atomic E-state index is 6.48. The van der Waals surface area contributed by atoms with Crippen molar-refractivity contribution in [2.24, 2.45) is 0 Å². The van der Waals surface area contributed by atoms with Crippen LogP contribution >= 0.6 is 0 Å². The number of pyridine rings is 2. The fraction of sp³-hybridized carbons (Fsp3) is 0.0556. The van der Waals surface area contributed by atoms with Gasteiger partial charge >= 0.3 is 0 Å². The van der Waals surface area contributed by atoms with Crippen molar-refractivity contribution in [3.05, 3.63) is 133 Å². The average molecular weight is 531 g/mol. The van der Waals surface area contributed by atoms with Crippen LogP contribution in [0.5, 0.6) is 11.6 Å². The van der Waals surface area contributed by atoms with Crippen LogP contribution in [-0.2, 0) is 0 Å². The van der Waals surface area contributed by atoms with Gasteiger partial charge in [0.1, 0.15) is 17.4 Å². The lowest BCUT2D eigenvalue weighted by Gasteiger charge is -2.12. The molecule has 5 nitrogen and oxygen atoms in total. The Balaban J connectivity index is 1.28. The molecule has 8 aromatic rings. The van der Waals surface area contributed by atoms with Crippen LogP contribution < -0.4 is 4.74 Å². The van der Waals surface area contributed by atoms with Gasteiger partial charge in [-0.3, -0.25) is 9.13 Å². The first-order chi connectivity index (χ1) is 20.1. The molecule has 4 aromatic heterocycles. The highest BCUT2D eigenvalue weighted by Gasteiger charge is 2.16. The monoisotopic (exact) mass is 530 g/mol. The number of hydrogen-bond donors (Lipinski definition) is 0. The third kappa shape index (κ3) is 3.78. The van der Waals surface area contributed by atoms with E-state index in [0.717, 1.165) is 56.0 Å². The molecule has 0 unspecified atom stereocenters. The number of ether oxygens (including phenoxy) is 1. The van der Waals surface area contributed by atoms with E-state index in [-0.39, 0.29) is 0 Å². The zero-order valence-corrected chi connectivity index (χ0v) is 22.7. The number of para-hydroxylation sites is 3. The van der Waals surface area contributed by atoms with Crippen molar-refractivity contribution in [1.82, 2.24) is 19.1 Å². The number of nitrogens with zero attached hydrogens (tertiary/aromatic N) is 4. The summed E-state index contributed by atoms with van der Waals surface area (Å²) in [6.07, 6.45) is 1.86. The first-order valence-corrected chi connectivity index (χ1v) is 13.8. The molecule has 196 valence electrons. The van der Waals surface area contributed by atoms with Crippen LogP contribution in [0.25, 0.3) is 55.2 Å². The number of aryl methyl sites for hydroxylation is 2. The summed E-state index contributed by atoms with van der Waals surface area (Å²) in [5.74, 6) is 2.99. The SMILES string of the molecule is Cc1ccnc(-n2c3ccccc3c3ccc(Oc4cc(C)cc(-n5c6ccccc6c6ccccc65)n4)cc32)c1. The molecule has 0 aliphatic rings. The van der Waals surface area contributed by atoms with E-state index in [4.69, 9.17) is 14.7 Å². The van der Waals surface area contributed by atoms with Gasteiger partial charge in [-0.2, -0.15) is 4.98 Å². The van der Waals surface area contributed by atoms with Gasteiger partial charge in [0.25, 0.3) is 0 Å². The molecule has 0 N–H and O–H groups in total. The Hall–Kier alpha value is -5.42. The lowest BCUT2D eigenvalue weighted by atomic mass is 10.1. The first kappa shape index (κ1) is 23.5. The van der Waals surface area contributed by atoms with E-state index in [2.05, 4.69) is 120 Å². The maximum absolute atomic E-state index is 6.48. The second kappa shape index (κ2) is 9.07. The number of aromatic nitrogens is 4. The van der Waals surface area contributed by atoms with Crippen molar-refractivity contribution in [3.63, 3.8) is 0 Å². The summed E-state index contributed by atoms with van der Waals surface area (Å²) < 4.78 is 10.9. The Morgan fingerprint density at radius 1 is 0.512 bits per heavy atom. The fourth-order valence-electron chi connectivity index (χ4n) is 5.98. The van der Waals surface area contributed by atoms with E-state index in [9.17, 15) is 0 Å². The number of rotatable bonds is 4. The average Bonchev–Trinajstić information content (AvgIpc) is 3.49. The zero-order valence-electron chi connectivity index (χ0n) is 22.7. The standard InChI is InChI=1S/C36H26N4O/c1-23-17-18-37-34(19-23)40-32-14-8-5-11-28(32)29-16-15-25(22-33(29)40)41-36-21-24(2)20-35(38-36)39-30-12-6-3-9-26(30)27-10-4-7-13-31(27)39/h3-22H,1-2H3. The van der Waals surface area contributed by atoms with Crippen LogP contribution in [0.3, 0.4) is 0 Å². The van der Waals surface area contributed by atoms with E-state index in [0.29, 0.717) is 5.88 Å². The van der Waals surface area contributed by atoms with Crippen LogP contribution in [0, 0.1) is 13.8 Å². The highest BCUT2D eigenvalue weighted by Crippen LogP contribution is 2.36. The second-order valence-corrected chi connectivity index (χ2v) is 10.5. The van der Waals surface area contributed by atoms with Gasteiger partial charge in [-0.1, -0.05) is 54.6 Å². The first-order valence-electron chi connectivity index (χ1n) is 13.8. The molecule has 0 fully saturated rings. The van der Waals surface area contributed by atoms with Crippen molar-refractivity contribution in [3.8, 4) is 23.3 Å². The summed E-state index contributed by atoms with van der Waals surface area (Å²) in [4.78, 5) is 9.71. The summed E-state index contributed by atoms with van der Waals surface area (Å²) in [5.41, 5.74) is 6.63. The highest BCUT2D eigenvalue weighted by molar-refractivity contribution is 6.10. The Kier molecular flexibility index (Phi) is 5.19. The maximum Gasteiger partial charge on any atom is 0.221 e. The Morgan fingerprint density at radius 2 is 1.07 bits per heavy atom. The molecule has 0 saturated heterocycles. The van der Waals surface area contributed by atoms with Crippen LogP contribution in [0.2, 0.25) is 0 Å². The third-order valence-corrected chi connectivity index (χ3v) is 7.74. The lowest BCUT2D eigenvalue weighted by Crippen LogP contribution is -2.00. The van der Waals surface area contributed by atoms with E-state index in [1.54, 1.807) is 0 Å². The Bertz CT molecular complexity index is 2220. The summed E-state index contributed by atoms with van der Waals surface area (Å²) in [6, 6.07) is 39.8. The highest BCUT2D eigenvalue weighted by atomic mass is 16.5. The predicted octanol–water partition coefficient (Wildman–Crippen LogP) is 9.08. The van der Waals surface area contributed by atoms with Gasteiger partial charge in [0.05, 0.1) is 22.1 Å². The third-order valence-electron chi connectivity index (χ3n) is 7.74. The van der Waals surface area contributed by atoms with E-state index in [1.165, 1.54) is 16.2 Å². The van der Waals surface area contributed by atoms with Crippen molar-refractivity contribution in [1.29, 1.82) is 0 Å². The van der Waals surface area contributed by atoms with Gasteiger partial charge in [0.2, 0.25) is 5.88 Å². The molecular weight excluding hydrogens is 504 g/mol. The van der Waals surface area contributed by atoms with Crippen LogP contribution in [0.4, 0.5) is 0 Å². The van der Waals surface area contributed by atoms with Crippen molar-refractivity contribution < 1.29 is 4.74 Å². The molecule has 0 spiro atoms. The van der Waals surface area contributed by atoms with Gasteiger partial charge in [-0.15, -0.1) is 0 Å². The van der Waals surface area contributed by atoms with Crippen LogP contribution in [-0.4, -0.2) is 19.1 Å². The molecule has 0 radical (unpaired) electrons. The molecule has 41 heavy (non-hydrogen) atoms. The zero-order chi connectivity index (χ0) is 27.5. The molecular formula is C36H26N4O. The molecule has 8 rings (SSSR count). The number of hydrogen-bond acceptors (Lipinski definition) is 3. The van der Waals surface area contributed by atoms with Crippen LogP contribution in [0.1, 0.15) is 11.1 Å². The summed E-state index contributed by atoms with van der Waals surface area (Å²) in [5, 5.41) is 4.74. The topological polar surface area (TPSA) is 44.9 Å². The molecule has 4 heterocycles. The van der Waals surface area contributed by atoms with E-state index < -0.39 is 0 Å². The van der Waals surface area contributed by atoms with Gasteiger partial charge in [-0.05, 0) is 73.5 Å². The summed E-state index contributed by atoms with van der Waals surface area (Å²) in [7, 11) is 0. The van der Waals surface area contributed by atoms with Gasteiger partial charge in [0.15, 0.2) is 0 Å².